The van der Waals surface area contributed by atoms with Gasteiger partial charge < -0.3 is 10.1 Å². The largest absolute Gasteiger partial charge is 0.495 e. The van der Waals surface area contributed by atoms with Crippen LogP contribution < -0.4 is 14.4 Å². The molecule has 0 saturated heterocycles. The molecule has 0 spiro atoms. The van der Waals surface area contributed by atoms with Gasteiger partial charge in [0.25, 0.3) is 0 Å². The van der Waals surface area contributed by atoms with Gasteiger partial charge in [0.15, 0.2) is 0 Å². The Labute approximate surface area is 142 Å². The van der Waals surface area contributed by atoms with Crippen LogP contribution in [0, 0.1) is 0 Å². The number of carbonyl (C=O) groups excluding carboxylic acids is 1. The third-order valence-electron chi connectivity index (χ3n) is 3.48. The number of benzene rings is 1. The van der Waals surface area contributed by atoms with Gasteiger partial charge in [-0.05, 0) is 38.5 Å². The molecule has 130 valence electrons. The predicted octanol–water partition coefficient (Wildman–Crippen LogP) is 2.42. The van der Waals surface area contributed by atoms with Gasteiger partial charge in [0.05, 0.1) is 24.1 Å². The second-order valence-electron chi connectivity index (χ2n) is 5.37. The minimum absolute atomic E-state index is 0.0363. The number of nitrogens with one attached hydrogen (secondary N) is 1. The maximum absolute atomic E-state index is 12.3. The average molecular weight is 363 g/mol. The first-order valence-corrected chi connectivity index (χ1v) is 9.47. The molecule has 0 aliphatic carbocycles. The Morgan fingerprint density at radius 3 is 2.43 bits per heavy atom. The van der Waals surface area contributed by atoms with E-state index in [4.69, 9.17) is 16.3 Å². The molecule has 0 unspecified atom stereocenters. The van der Waals surface area contributed by atoms with Crippen molar-refractivity contribution >= 4 is 33.2 Å². The van der Waals surface area contributed by atoms with Crippen LogP contribution in [0.1, 0.15) is 27.2 Å². The minimum Gasteiger partial charge on any atom is -0.495 e. The van der Waals surface area contributed by atoms with Gasteiger partial charge in [0.2, 0.25) is 15.9 Å². The number of sulfonamides is 1. The number of anilines is 1. The van der Waals surface area contributed by atoms with Crippen molar-refractivity contribution in [2.75, 3.05) is 17.7 Å². The molecule has 0 aromatic heterocycles. The highest BCUT2D eigenvalue weighted by molar-refractivity contribution is 7.92. The normalized spacial score (nSPS) is 14.0. The highest BCUT2D eigenvalue weighted by atomic mass is 35.5. The van der Waals surface area contributed by atoms with Crippen molar-refractivity contribution in [2.24, 2.45) is 0 Å². The van der Waals surface area contributed by atoms with E-state index in [0.29, 0.717) is 11.4 Å². The van der Waals surface area contributed by atoms with Gasteiger partial charge in [-0.1, -0.05) is 18.5 Å². The molecule has 23 heavy (non-hydrogen) atoms. The van der Waals surface area contributed by atoms with E-state index in [2.05, 4.69) is 5.32 Å². The van der Waals surface area contributed by atoms with Crippen molar-refractivity contribution in [2.45, 2.75) is 39.3 Å². The third-order valence-corrected chi connectivity index (χ3v) is 5.02. The number of methoxy groups -OCH3 is 1. The zero-order valence-electron chi connectivity index (χ0n) is 14.0. The monoisotopic (exact) mass is 362 g/mol. The lowest BCUT2D eigenvalue weighted by Gasteiger charge is -2.29. The van der Waals surface area contributed by atoms with Crippen molar-refractivity contribution in [3.05, 3.63) is 23.2 Å². The topological polar surface area (TPSA) is 75.7 Å². The molecule has 1 rings (SSSR count). The first kappa shape index (κ1) is 19.6. The van der Waals surface area contributed by atoms with Gasteiger partial charge >= 0.3 is 0 Å². The SMILES string of the molecule is CC[C@H](C)NC(=O)[C@H](C)N(c1ccc(OC)c(Cl)c1)S(C)(=O)=O. The van der Waals surface area contributed by atoms with Gasteiger partial charge in [0.1, 0.15) is 11.8 Å². The van der Waals surface area contributed by atoms with Crippen molar-refractivity contribution in [3.63, 3.8) is 0 Å². The fourth-order valence-corrected chi connectivity index (χ4v) is 3.49. The fourth-order valence-electron chi connectivity index (χ4n) is 2.07. The summed E-state index contributed by atoms with van der Waals surface area (Å²) in [7, 11) is -2.20. The number of ether oxygens (including phenoxy) is 1. The molecule has 2 atom stereocenters. The molecular formula is C15H23ClN2O4S. The van der Waals surface area contributed by atoms with Gasteiger partial charge in [-0.15, -0.1) is 0 Å². The number of halogens is 1. The lowest BCUT2D eigenvalue weighted by atomic mass is 10.2. The molecule has 1 N–H and O–H groups in total. The van der Waals surface area contributed by atoms with Crippen LogP contribution in [0.4, 0.5) is 5.69 Å². The minimum atomic E-state index is -3.67. The summed E-state index contributed by atoms with van der Waals surface area (Å²) >= 11 is 6.07. The third kappa shape index (κ3) is 5.00. The standard InChI is InChI=1S/C15H23ClN2O4S/c1-6-10(2)17-15(19)11(3)18(23(5,20)21)12-7-8-14(22-4)13(16)9-12/h7-11H,6H2,1-5H3,(H,17,19)/t10-,11-/m0/s1. The van der Waals surface area contributed by atoms with Crippen molar-refractivity contribution in [1.29, 1.82) is 0 Å². The number of nitrogens with zero attached hydrogens (tertiary/aromatic N) is 1. The molecule has 1 aromatic rings. The lowest BCUT2D eigenvalue weighted by molar-refractivity contribution is -0.122. The Balaban J connectivity index is 3.20. The van der Waals surface area contributed by atoms with E-state index in [9.17, 15) is 13.2 Å². The zero-order valence-corrected chi connectivity index (χ0v) is 15.5. The maximum atomic E-state index is 12.3. The van der Waals surface area contributed by atoms with Gasteiger partial charge in [-0.2, -0.15) is 0 Å². The van der Waals surface area contributed by atoms with Crippen LogP contribution in [0.5, 0.6) is 5.75 Å². The van der Waals surface area contributed by atoms with Crippen LogP contribution in [0.3, 0.4) is 0 Å². The highest BCUT2D eigenvalue weighted by Gasteiger charge is 2.30. The molecule has 0 fully saturated rings. The summed E-state index contributed by atoms with van der Waals surface area (Å²) in [5, 5.41) is 3.06. The van der Waals surface area contributed by atoms with Gasteiger partial charge in [0, 0.05) is 6.04 Å². The summed E-state index contributed by atoms with van der Waals surface area (Å²) in [4.78, 5) is 12.3. The van der Waals surface area contributed by atoms with Crippen LogP contribution in [0.25, 0.3) is 0 Å². The predicted molar refractivity (Wildman–Crippen MR) is 92.7 cm³/mol. The molecule has 0 bridgehead atoms. The van der Waals surface area contributed by atoms with Crippen LogP contribution >= 0.6 is 11.6 Å². The molecule has 8 heteroatoms. The number of hydrogen-bond acceptors (Lipinski definition) is 4. The Bertz CT molecular complexity index is 663. The van der Waals surface area contributed by atoms with Crippen molar-refractivity contribution < 1.29 is 17.9 Å². The molecule has 0 aliphatic heterocycles. The molecule has 1 amide bonds. The van der Waals surface area contributed by atoms with Crippen LogP contribution in [0.15, 0.2) is 18.2 Å². The summed E-state index contributed by atoms with van der Waals surface area (Å²) < 4.78 is 30.5. The number of carbonyl (C=O) groups is 1. The Hall–Kier alpha value is -1.47. The van der Waals surface area contributed by atoms with E-state index >= 15 is 0 Å². The Kier molecular flexibility index (Phi) is 6.70. The van der Waals surface area contributed by atoms with E-state index in [0.717, 1.165) is 17.0 Å². The number of amides is 1. The zero-order chi connectivity index (χ0) is 17.8. The highest BCUT2D eigenvalue weighted by Crippen LogP contribution is 2.31. The van der Waals surface area contributed by atoms with E-state index in [1.807, 2.05) is 13.8 Å². The van der Waals surface area contributed by atoms with Crippen LogP contribution in [-0.2, 0) is 14.8 Å². The molecule has 0 saturated carbocycles. The molecule has 0 aliphatic rings. The molecule has 0 radical (unpaired) electrons. The van der Waals surface area contributed by atoms with Crippen LogP contribution in [-0.4, -0.2) is 39.8 Å². The fraction of sp³-hybridized carbons (Fsp3) is 0.533. The first-order valence-electron chi connectivity index (χ1n) is 7.25. The van der Waals surface area contributed by atoms with E-state index < -0.39 is 16.1 Å². The summed E-state index contributed by atoms with van der Waals surface area (Å²) in [6, 6.07) is 3.65. The summed E-state index contributed by atoms with van der Waals surface area (Å²) in [6.07, 6.45) is 1.81. The average Bonchev–Trinajstić information content (AvgIpc) is 2.45. The second-order valence-corrected chi connectivity index (χ2v) is 7.64. The van der Waals surface area contributed by atoms with Crippen molar-refractivity contribution in [3.8, 4) is 5.75 Å². The van der Waals surface area contributed by atoms with Gasteiger partial charge in [-0.25, -0.2) is 8.42 Å². The van der Waals surface area contributed by atoms with Crippen LogP contribution in [0.2, 0.25) is 5.02 Å². The van der Waals surface area contributed by atoms with Crippen molar-refractivity contribution in [1.82, 2.24) is 5.32 Å². The first-order chi connectivity index (χ1) is 10.6. The Morgan fingerprint density at radius 1 is 1.39 bits per heavy atom. The number of rotatable bonds is 7. The van der Waals surface area contributed by atoms with E-state index in [1.165, 1.54) is 20.1 Å². The number of hydrogen-bond donors (Lipinski definition) is 1. The van der Waals surface area contributed by atoms with Gasteiger partial charge in [-0.3, -0.25) is 9.10 Å². The lowest BCUT2D eigenvalue weighted by Crippen LogP contribution is -2.49. The Morgan fingerprint density at radius 2 is 2.00 bits per heavy atom. The molecule has 1 aromatic carbocycles. The van der Waals surface area contributed by atoms with E-state index in [-0.39, 0.29) is 17.0 Å². The van der Waals surface area contributed by atoms with E-state index in [1.54, 1.807) is 12.1 Å². The summed E-state index contributed by atoms with van der Waals surface area (Å²) in [5.74, 6) is 0.0669. The molecule has 6 nitrogen and oxygen atoms in total. The summed E-state index contributed by atoms with van der Waals surface area (Å²) in [6.45, 7) is 5.34. The molecule has 0 heterocycles. The summed E-state index contributed by atoms with van der Waals surface area (Å²) in [5.41, 5.74) is 0.310. The molecular weight excluding hydrogens is 340 g/mol. The second kappa shape index (κ2) is 7.88. The maximum Gasteiger partial charge on any atom is 0.243 e. The quantitative estimate of drug-likeness (QED) is 0.808. The smallest absolute Gasteiger partial charge is 0.243 e.